The first-order valence-corrected chi connectivity index (χ1v) is 28.4. The number of nitrogens with one attached hydrogen (secondary N) is 6. The van der Waals surface area contributed by atoms with Gasteiger partial charge in [-0.25, -0.2) is 0 Å². The van der Waals surface area contributed by atoms with E-state index in [0.717, 1.165) is 149 Å². The van der Waals surface area contributed by atoms with Crippen molar-refractivity contribution in [3.05, 3.63) is 177 Å². The molecule has 16 heteroatoms. The highest BCUT2D eigenvalue weighted by atomic mass is 16.3. The molecular weight excluding hydrogens is 1040 g/mol. The summed E-state index contributed by atoms with van der Waals surface area (Å²) in [6.45, 7) is 17.3. The molecule has 438 valence electrons. The second-order valence-electron chi connectivity index (χ2n) is 21.2. The lowest BCUT2D eigenvalue weighted by Crippen LogP contribution is -1.94. The Hall–Kier alpha value is -8.80. The third kappa shape index (κ3) is 13.9. The standard InChI is InChI=1S/C13H18N2O.2C12H16N2O.C11H14N2O.C10H12N2.C9H10N2/c1-8-5-6-11(14)12-10(4-3-7-16)9(2)15-13(8)12;1-7-3-4-10(13)11-9(5-6-15)8(2)14-12(7)11;1-8-4-5-10(13)11-9(3-2-6-15)7-14-12(8)11;1-7-2-3-9(12)10-8(4-5-14)6-13-11(7)10;1-2-7-3-4-9(11)8-5-6-12-10(7)8;1-6-2-3-8(10)7-4-5-11-9(6)7/h5-6,15-16H,3-4,7,14H2,1-2H3;3-4,14-15H,5-6,13H2,1-2H3;4-5,7,14-15H,2-3,6,13H2,1H3;2-3,6,13-14H,4-5,12H2,1H3;3-6,12H,2,11H2,1H3;2-5,11H,10H2,1H3. The van der Waals surface area contributed by atoms with Gasteiger partial charge in [0.1, 0.15) is 0 Å². The van der Waals surface area contributed by atoms with Crippen molar-refractivity contribution in [2.45, 2.75) is 100 Å². The van der Waals surface area contributed by atoms with E-state index in [0.29, 0.717) is 12.8 Å². The van der Waals surface area contributed by atoms with Gasteiger partial charge in [0, 0.05) is 129 Å². The first-order chi connectivity index (χ1) is 39.9. The Morgan fingerprint density at radius 2 is 0.711 bits per heavy atom. The third-order valence-corrected chi connectivity index (χ3v) is 15.5. The lowest BCUT2D eigenvalue weighted by molar-refractivity contribution is 0.288. The Morgan fingerprint density at radius 3 is 1.16 bits per heavy atom. The second kappa shape index (κ2) is 28.3. The maximum Gasteiger partial charge on any atom is 0.0509 e. The van der Waals surface area contributed by atoms with Gasteiger partial charge in [0.15, 0.2) is 0 Å². The molecule has 0 spiro atoms. The summed E-state index contributed by atoms with van der Waals surface area (Å²) >= 11 is 0. The average molecular weight is 1120 g/mol. The smallest absolute Gasteiger partial charge is 0.0509 e. The molecule has 12 aromatic rings. The molecule has 16 nitrogen and oxygen atoms in total. The van der Waals surface area contributed by atoms with Gasteiger partial charge in [0.2, 0.25) is 0 Å². The number of aliphatic hydroxyl groups excluding tert-OH is 4. The van der Waals surface area contributed by atoms with Crippen LogP contribution >= 0.6 is 0 Å². The number of nitrogens with two attached hydrogens (primary N) is 6. The third-order valence-electron chi connectivity index (χ3n) is 15.5. The van der Waals surface area contributed by atoms with E-state index in [1.54, 1.807) is 0 Å². The van der Waals surface area contributed by atoms with Crippen LogP contribution in [0, 0.1) is 48.5 Å². The number of fused-ring (bicyclic) bond motifs is 6. The minimum Gasteiger partial charge on any atom is -0.398 e. The van der Waals surface area contributed by atoms with Gasteiger partial charge in [0.25, 0.3) is 0 Å². The summed E-state index contributed by atoms with van der Waals surface area (Å²) in [5, 5.41) is 42.3. The number of hydrogen-bond acceptors (Lipinski definition) is 10. The lowest BCUT2D eigenvalue weighted by Gasteiger charge is -2.03. The average Bonchev–Trinajstić information content (AvgIpc) is 4.09. The van der Waals surface area contributed by atoms with Crippen LogP contribution in [-0.4, -0.2) is 76.8 Å². The molecule has 83 heavy (non-hydrogen) atoms. The normalized spacial score (nSPS) is 11.0. The maximum absolute atomic E-state index is 9.03. The van der Waals surface area contributed by atoms with Gasteiger partial charge in [-0.2, -0.15) is 0 Å². The number of aliphatic hydroxyl groups is 4. The molecule has 0 saturated carbocycles. The molecule has 6 heterocycles. The van der Waals surface area contributed by atoms with E-state index >= 15 is 0 Å². The summed E-state index contributed by atoms with van der Waals surface area (Å²) in [6.07, 6.45) is 13.4. The number of nitrogen functional groups attached to an aromatic ring is 6. The van der Waals surface area contributed by atoms with Crippen LogP contribution in [-0.2, 0) is 32.1 Å². The van der Waals surface area contributed by atoms with Crippen molar-refractivity contribution in [1.82, 2.24) is 29.9 Å². The molecule has 0 aliphatic carbocycles. The largest absolute Gasteiger partial charge is 0.398 e. The van der Waals surface area contributed by atoms with E-state index in [9.17, 15) is 0 Å². The minimum absolute atomic E-state index is 0.153. The first kappa shape index (κ1) is 61.8. The summed E-state index contributed by atoms with van der Waals surface area (Å²) < 4.78 is 0. The Bertz CT molecular complexity index is 4060. The number of rotatable bonds is 11. The van der Waals surface area contributed by atoms with Crippen LogP contribution in [0.1, 0.15) is 86.8 Å². The molecule has 0 unspecified atom stereocenters. The summed E-state index contributed by atoms with van der Waals surface area (Å²) in [6, 6.07) is 27.8. The molecule has 0 bridgehead atoms. The number of aryl methyl sites for hydroxylation is 10. The van der Waals surface area contributed by atoms with Gasteiger partial charge in [-0.05, 0) is 198 Å². The molecule has 0 aliphatic heterocycles. The SMILES string of the molecule is CCc1ccc(N)c2cc[nH]c12.Cc1[nH]c2c(C)ccc(N)c2c1CCCO.Cc1[nH]c2c(C)ccc(N)c2c1CCO.Cc1ccc(N)c2c(CCCO)c[nH]c12.Cc1ccc(N)c2c(CCO)c[nH]c12.Cc1ccc(N)c2cc[nH]c12. The molecule has 12 rings (SSSR count). The van der Waals surface area contributed by atoms with E-state index in [1.807, 2.05) is 117 Å². The highest BCUT2D eigenvalue weighted by molar-refractivity contribution is 5.99. The van der Waals surface area contributed by atoms with Crippen molar-refractivity contribution in [2.24, 2.45) is 0 Å². The fourth-order valence-corrected chi connectivity index (χ4v) is 10.9. The Labute approximate surface area is 485 Å². The summed E-state index contributed by atoms with van der Waals surface area (Å²) in [5.74, 6) is 0. The zero-order valence-electron chi connectivity index (χ0n) is 49.4. The van der Waals surface area contributed by atoms with Crippen LogP contribution in [0.4, 0.5) is 34.1 Å². The van der Waals surface area contributed by atoms with Crippen LogP contribution < -0.4 is 34.4 Å². The topological polar surface area (TPSA) is 332 Å². The van der Waals surface area contributed by atoms with Gasteiger partial charge in [-0.3, -0.25) is 0 Å². The number of anilines is 6. The quantitative estimate of drug-likeness (QED) is 0.0543. The van der Waals surface area contributed by atoms with Crippen LogP contribution in [0.5, 0.6) is 0 Å². The van der Waals surface area contributed by atoms with Crippen molar-refractivity contribution in [3.8, 4) is 0 Å². The number of aromatic amines is 6. The fourth-order valence-electron chi connectivity index (χ4n) is 10.9. The zero-order chi connectivity index (χ0) is 60.1. The minimum atomic E-state index is 0.153. The molecule has 22 N–H and O–H groups in total. The number of benzene rings is 6. The van der Waals surface area contributed by atoms with Gasteiger partial charge in [0.05, 0.1) is 33.1 Å². The summed E-state index contributed by atoms with van der Waals surface area (Å²) in [7, 11) is 0. The van der Waals surface area contributed by atoms with Crippen molar-refractivity contribution < 1.29 is 20.4 Å². The molecule has 6 aromatic heterocycles. The van der Waals surface area contributed by atoms with Gasteiger partial charge < -0.3 is 84.7 Å². The van der Waals surface area contributed by atoms with Crippen molar-refractivity contribution >= 4 is 99.5 Å². The van der Waals surface area contributed by atoms with Crippen molar-refractivity contribution in [2.75, 3.05) is 60.8 Å². The monoisotopic (exact) mass is 1120 g/mol. The van der Waals surface area contributed by atoms with Crippen LogP contribution in [0.2, 0.25) is 0 Å². The number of aromatic nitrogens is 6. The molecule has 0 atom stereocenters. The molecular formula is C67H86N12O4. The van der Waals surface area contributed by atoms with E-state index in [4.69, 9.17) is 54.8 Å². The molecule has 0 saturated heterocycles. The maximum atomic E-state index is 9.03. The highest BCUT2D eigenvalue weighted by Gasteiger charge is 2.15. The van der Waals surface area contributed by atoms with Gasteiger partial charge >= 0.3 is 0 Å². The predicted molar refractivity (Wildman–Crippen MR) is 351 cm³/mol. The van der Waals surface area contributed by atoms with Gasteiger partial charge in [-0.15, -0.1) is 0 Å². The molecule has 6 aromatic carbocycles. The lowest BCUT2D eigenvalue weighted by atomic mass is 10.0. The van der Waals surface area contributed by atoms with Gasteiger partial charge in [-0.1, -0.05) is 43.3 Å². The second-order valence-corrected chi connectivity index (χ2v) is 21.2. The summed E-state index contributed by atoms with van der Waals surface area (Å²) in [4.78, 5) is 19.5. The highest BCUT2D eigenvalue weighted by Crippen LogP contribution is 2.33. The number of hydrogen-bond donors (Lipinski definition) is 16. The van der Waals surface area contributed by atoms with Crippen LogP contribution in [0.3, 0.4) is 0 Å². The molecule has 0 aliphatic rings. The first-order valence-electron chi connectivity index (χ1n) is 28.4. The van der Waals surface area contributed by atoms with E-state index in [1.165, 1.54) is 50.0 Å². The van der Waals surface area contributed by atoms with E-state index < -0.39 is 0 Å². The van der Waals surface area contributed by atoms with Crippen LogP contribution in [0.25, 0.3) is 65.4 Å². The molecule has 0 fully saturated rings. The molecule has 0 radical (unpaired) electrons. The number of H-pyrrole nitrogens is 6. The van der Waals surface area contributed by atoms with E-state index in [-0.39, 0.29) is 26.4 Å². The Morgan fingerprint density at radius 1 is 0.337 bits per heavy atom. The van der Waals surface area contributed by atoms with Crippen molar-refractivity contribution in [3.63, 3.8) is 0 Å². The summed E-state index contributed by atoms with van der Waals surface area (Å²) in [5.41, 5.74) is 61.3. The predicted octanol–water partition coefficient (Wildman–Crippen LogP) is 12.1. The van der Waals surface area contributed by atoms with E-state index in [2.05, 4.69) is 77.5 Å². The molecule has 0 amide bonds. The van der Waals surface area contributed by atoms with Crippen molar-refractivity contribution in [1.29, 1.82) is 0 Å². The zero-order valence-corrected chi connectivity index (χ0v) is 49.4. The fraction of sp³-hybridized carbons (Fsp3) is 0.284. The Balaban J connectivity index is 0.000000144. The Kier molecular flexibility index (Phi) is 21.0. The van der Waals surface area contributed by atoms with Crippen LogP contribution in [0.15, 0.2) is 110 Å².